The number of rotatable bonds is 5. The molecule has 1 saturated carbocycles. The first-order valence-corrected chi connectivity index (χ1v) is 4.20. The first-order valence-electron chi connectivity index (χ1n) is 4.20. The van der Waals surface area contributed by atoms with Crippen molar-refractivity contribution in [1.82, 2.24) is 4.90 Å². The standard InChI is InChI=1S/C8H15NO3/c1-9(4-5-10)7(8(11)12)6-2-3-6/h6-7,10H,2-5H2,1H3,(H,11,12). The highest BCUT2D eigenvalue weighted by atomic mass is 16.4. The molecule has 70 valence electrons. The normalized spacial score (nSPS) is 19.6. The summed E-state index contributed by atoms with van der Waals surface area (Å²) in [7, 11) is 1.74. The Bertz CT molecular complexity index is 168. The summed E-state index contributed by atoms with van der Waals surface area (Å²) < 4.78 is 0. The van der Waals surface area contributed by atoms with Crippen LogP contribution in [-0.2, 0) is 4.79 Å². The lowest BCUT2D eigenvalue weighted by atomic mass is 10.1. The third-order valence-electron chi connectivity index (χ3n) is 2.25. The van der Waals surface area contributed by atoms with E-state index in [1.807, 2.05) is 0 Å². The molecule has 0 spiro atoms. The lowest BCUT2D eigenvalue weighted by Crippen LogP contribution is -2.41. The van der Waals surface area contributed by atoms with Gasteiger partial charge in [-0.25, -0.2) is 0 Å². The Morgan fingerprint density at radius 1 is 1.67 bits per heavy atom. The molecule has 4 nitrogen and oxygen atoms in total. The van der Waals surface area contributed by atoms with Gasteiger partial charge in [0, 0.05) is 6.54 Å². The molecule has 0 radical (unpaired) electrons. The van der Waals surface area contributed by atoms with Crippen molar-refractivity contribution < 1.29 is 15.0 Å². The molecular formula is C8H15NO3. The Kier molecular flexibility index (Phi) is 3.05. The van der Waals surface area contributed by atoms with Gasteiger partial charge in [-0.15, -0.1) is 0 Å². The van der Waals surface area contributed by atoms with Gasteiger partial charge in [-0.2, -0.15) is 0 Å². The van der Waals surface area contributed by atoms with Crippen molar-refractivity contribution in [3.05, 3.63) is 0 Å². The van der Waals surface area contributed by atoms with Gasteiger partial charge in [0.1, 0.15) is 6.04 Å². The summed E-state index contributed by atoms with van der Waals surface area (Å²) in [6.45, 7) is 0.459. The number of hydrogen-bond acceptors (Lipinski definition) is 3. The zero-order valence-electron chi connectivity index (χ0n) is 7.23. The lowest BCUT2D eigenvalue weighted by molar-refractivity contribution is -0.143. The summed E-state index contributed by atoms with van der Waals surface area (Å²) in [5.74, 6) is -0.465. The Hall–Kier alpha value is -0.610. The molecule has 1 aliphatic carbocycles. The molecule has 0 bridgehead atoms. The highest BCUT2D eigenvalue weighted by Gasteiger charge is 2.38. The van der Waals surface area contributed by atoms with E-state index in [1.165, 1.54) is 0 Å². The minimum Gasteiger partial charge on any atom is -0.480 e. The van der Waals surface area contributed by atoms with E-state index in [2.05, 4.69) is 0 Å². The molecule has 0 amide bonds. The van der Waals surface area contributed by atoms with Crippen LogP contribution in [0.15, 0.2) is 0 Å². The number of aliphatic hydroxyl groups is 1. The van der Waals surface area contributed by atoms with Gasteiger partial charge in [0.15, 0.2) is 0 Å². The molecule has 0 aromatic carbocycles. The third-order valence-corrected chi connectivity index (χ3v) is 2.25. The van der Waals surface area contributed by atoms with E-state index in [9.17, 15) is 4.79 Å². The van der Waals surface area contributed by atoms with Crippen LogP contribution in [0.3, 0.4) is 0 Å². The van der Waals surface area contributed by atoms with Crippen LogP contribution in [-0.4, -0.2) is 47.3 Å². The van der Waals surface area contributed by atoms with E-state index in [0.29, 0.717) is 12.5 Å². The molecule has 1 aliphatic rings. The van der Waals surface area contributed by atoms with Gasteiger partial charge in [0.05, 0.1) is 6.61 Å². The molecule has 2 N–H and O–H groups in total. The van der Waals surface area contributed by atoms with E-state index in [4.69, 9.17) is 10.2 Å². The largest absolute Gasteiger partial charge is 0.480 e. The van der Waals surface area contributed by atoms with E-state index in [0.717, 1.165) is 12.8 Å². The molecule has 0 saturated heterocycles. The number of hydrogen-bond donors (Lipinski definition) is 2. The summed E-state index contributed by atoms with van der Waals surface area (Å²) in [5, 5.41) is 17.5. The summed E-state index contributed by atoms with van der Waals surface area (Å²) >= 11 is 0. The first kappa shape index (κ1) is 9.48. The van der Waals surface area contributed by atoms with E-state index >= 15 is 0 Å². The van der Waals surface area contributed by atoms with Crippen molar-refractivity contribution in [2.75, 3.05) is 20.2 Å². The van der Waals surface area contributed by atoms with Crippen molar-refractivity contribution in [1.29, 1.82) is 0 Å². The molecule has 0 aliphatic heterocycles. The zero-order chi connectivity index (χ0) is 9.14. The van der Waals surface area contributed by atoms with Crippen molar-refractivity contribution in [3.63, 3.8) is 0 Å². The maximum atomic E-state index is 10.8. The molecule has 1 rings (SSSR count). The minimum absolute atomic E-state index is 0.0208. The van der Waals surface area contributed by atoms with Crippen molar-refractivity contribution in [3.8, 4) is 0 Å². The van der Waals surface area contributed by atoms with Crippen molar-refractivity contribution >= 4 is 5.97 Å². The van der Waals surface area contributed by atoms with Gasteiger partial charge in [0.2, 0.25) is 0 Å². The van der Waals surface area contributed by atoms with Gasteiger partial charge < -0.3 is 10.2 Å². The summed E-state index contributed by atoms with van der Waals surface area (Å²) in [6.07, 6.45) is 2.01. The van der Waals surface area contributed by atoms with Gasteiger partial charge >= 0.3 is 5.97 Å². The van der Waals surface area contributed by atoms with Crippen LogP contribution in [0.1, 0.15) is 12.8 Å². The number of carboxylic acid groups (broad SMARTS) is 1. The van der Waals surface area contributed by atoms with Crippen LogP contribution in [0.5, 0.6) is 0 Å². The maximum Gasteiger partial charge on any atom is 0.321 e. The monoisotopic (exact) mass is 173 g/mol. The van der Waals surface area contributed by atoms with Crippen LogP contribution in [0.4, 0.5) is 0 Å². The van der Waals surface area contributed by atoms with Gasteiger partial charge in [-0.05, 0) is 25.8 Å². The molecule has 1 unspecified atom stereocenters. The second-order valence-electron chi connectivity index (χ2n) is 3.32. The topological polar surface area (TPSA) is 60.8 Å². The van der Waals surface area contributed by atoms with Gasteiger partial charge in [-0.1, -0.05) is 0 Å². The second kappa shape index (κ2) is 3.87. The molecule has 4 heteroatoms. The predicted molar refractivity (Wildman–Crippen MR) is 43.9 cm³/mol. The van der Waals surface area contributed by atoms with Crippen LogP contribution in [0.2, 0.25) is 0 Å². The number of nitrogens with zero attached hydrogens (tertiary/aromatic N) is 1. The van der Waals surface area contributed by atoms with Crippen LogP contribution >= 0.6 is 0 Å². The SMILES string of the molecule is CN(CCO)C(C(=O)O)C1CC1. The molecule has 1 fully saturated rings. The molecule has 0 aromatic heterocycles. The smallest absolute Gasteiger partial charge is 0.321 e. The number of carboxylic acids is 1. The van der Waals surface area contributed by atoms with Crippen LogP contribution < -0.4 is 0 Å². The van der Waals surface area contributed by atoms with E-state index in [1.54, 1.807) is 11.9 Å². The Morgan fingerprint density at radius 2 is 2.25 bits per heavy atom. The molecule has 0 heterocycles. The average molecular weight is 173 g/mol. The van der Waals surface area contributed by atoms with Crippen LogP contribution in [0, 0.1) is 5.92 Å². The fraction of sp³-hybridized carbons (Fsp3) is 0.875. The average Bonchev–Trinajstić information content (AvgIpc) is 2.71. The molecule has 1 atom stereocenters. The summed E-state index contributed by atoms with van der Waals surface area (Å²) in [4.78, 5) is 12.5. The second-order valence-corrected chi connectivity index (χ2v) is 3.32. The number of aliphatic carboxylic acids is 1. The lowest BCUT2D eigenvalue weighted by Gasteiger charge is -2.23. The number of likely N-dealkylation sites (N-methyl/N-ethyl adjacent to an activating group) is 1. The highest BCUT2D eigenvalue weighted by Crippen LogP contribution is 2.34. The minimum atomic E-state index is -0.770. The maximum absolute atomic E-state index is 10.8. The fourth-order valence-electron chi connectivity index (χ4n) is 1.46. The van der Waals surface area contributed by atoms with Crippen molar-refractivity contribution in [2.45, 2.75) is 18.9 Å². The Balaban J connectivity index is 2.46. The van der Waals surface area contributed by atoms with E-state index < -0.39 is 12.0 Å². The van der Waals surface area contributed by atoms with E-state index in [-0.39, 0.29) is 6.61 Å². The summed E-state index contributed by atoms with van der Waals surface area (Å²) in [5.41, 5.74) is 0. The van der Waals surface area contributed by atoms with Gasteiger partial charge in [-0.3, -0.25) is 9.69 Å². The zero-order valence-corrected chi connectivity index (χ0v) is 7.23. The summed E-state index contributed by atoms with van der Waals surface area (Å²) in [6, 6.07) is -0.392. The number of carbonyl (C=O) groups is 1. The fourth-order valence-corrected chi connectivity index (χ4v) is 1.46. The first-order chi connectivity index (χ1) is 5.66. The highest BCUT2D eigenvalue weighted by molar-refractivity contribution is 5.74. The third kappa shape index (κ3) is 2.19. The molecule has 0 aromatic rings. The Morgan fingerprint density at radius 3 is 2.58 bits per heavy atom. The van der Waals surface area contributed by atoms with Gasteiger partial charge in [0.25, 0.3) is 0 Å². The van der Waals surface area contributed by atoms with Crippen LogP contribution in [0.25, 0.3) is 0 Å². The number of aliphatic hydroxyl groups excluding tert-OH is 1. The molecular weight excluding hydrogens is 158 g/mol. The Labute approximate surface area is 71.8 Å². The van der Waals surface area contributed by atoms with Crippen molar-refractivity contribution in [2.24, 2.45) is 5.92 Å². The predicted octanol–water partition coefficient (Wildman–Crippen LogP) is -0.226. The quantitative estimate of drug-likeness (QED) is 0.603. The molecule has 12 heavy (non-hydrogen) atoms.